The van der Waals surface area contributed by atoms with E-state index in [9.17, 15) is 9.90 Å². The monoisotopic (exact) mass is 271 g/mol. The molecule has 2 N–H and O–H groups in total. The maximum atomic E-state index is 12.0. The van der Waals surface area contributed by atoms with E-state index < -0.39 is 0 Å². The van der Waals surface area contributed by atoms with E-state index in [0.717, 1.165) is 11.1 Å². The third-order valence-electron chi connectivity index (χ3n) is 3.01. The number of phenolic OH excluding ortho intramolecular Hbond substituents is 1. The van der Waals surface area contributed by atoms with Gasteiger partial charge in [-0.15, -0.1) is 0 Å². The fourth-order valence-corrected chi connectivity index (χ4v) is 1.96. The van der Waals surface area contributed by atoms with Crippen LogP contribution in [0.1, 0.15) is 21.5 Å². The summed E-state index contributed by atoms with van der Waals surface area (Å²) in [5.74, 6) is -0.314. The van der Waals surface area contributed by atoms with Gasteiger partial charge in [0.2, 0.25) is 0 Å². The number of rotatable bonds is 5. The Labute approximate surface area is 118 Å². The Kier molecular flexibility index (Phi) is 4.74. The van der Waals surface area contributed by atoms with Gasteiger partial charge in [-0.05, 0) is 23.3 Å². The number of para-hydroxylation sites is 1. The normalized spacial score (nSPS) is 10.2. The second kappa shape index (κ2) is 6.73. The lowest BCUT2D eigenvalue weighted by atomic mass is 10.1. The molecule has 0 radical (unpaired) electrons. The molecule has 1 amide bonds. The molecule has 4 nitrogen and oxygen atoms in total. The number of carbonyl (C=O) groups is 1. The predicted molar refractivity (Wildman–Crippen MR) is 76.4 cm³/mol. The lowest BCUT2D eigenvalue weighted by Gasteiger charge is -2.10. The molecule has 0 aliphatic heterocycles. The molecule has 20 heavy (non-hydrogen) atoms. The van der Waals surface area contributed by atoms with Gasteiger partial charge in [-0.25, -0.2) is 0 Å². The predicted octanol–water partition coefficient (Wildman–Crippen LogP) is 2.47. The largest absolute Gasteiger partial charge is 0.507 e. The van der Waals surface area contributed by atoms with Crippen LogP contribution in [0.4, 0.5) is 0 Å². The summed E-state index contributed by atoms with van der Waals surface area (Å²) in [4.78, 5) is 12.0. The third-order valence-corrected chi connectivity index (χ3v) is 3.01. The summed E-state index contributed by atoms with van der Waals surface area (Å²) in [5, 5.41) is 12.4. The second-order valence-electron chi connectivity index (χ2n) is 4.40. The van der Waals surface area contributed by atoms with Crippen molar-refractivity contribution in [2.75, 3.05) is 7.11 Å². The van der Waals surface area contributed by atoms with Gasteiger partial charge in [-0.3, -0.25) is 4.79 Å². The molecule has 2 aromatic carbocycles. The van der Waals surface area contributed by atoms with Crippen molar-refractivity contribution in [1.82, 2.24) is 5.32 Å². The first-order valence-corrected chi connectivity index (χ1v) is 6.34. The van der Waals surface area contributed by atoms with Crippen molar-refractivity contribution in [1.29, 1.82) is 0 Å². The first-order chi connectivity index (χ1) is 9.72. The van der Waals surface area contributed by atoms with Gasteiger partial charge in [0.15, 0.2) is 0 Å². The smallest absolute Gasteiger partial charge is 0.255 e. The van der Waals surface area contributed by atoms with E-state index in [1.165, 1.54) is 6.07 Å². The van der Waals surface area contributed by atoms with Crippen molar-refractivity contribution in [3.63, 3.8) is 0 Å². The van der Waals surface area contributed by atoms with E-state index in [2.05, 4.69) is 5.32 Å². The Hall–Kier alpha value is -2.33. The third kappa shape index (κ3) is 3.36. The Bertz CT molecular complexity index is 596. The average molecular weight is 271 g/mol. The molecule has 0 heterocycles. The Balaban J connectivity index is 2.06. The lowest BCUT2D eigenvalue weighted by Crippen LogP contribution is -2.23. The number of phenols is 1. The van der Waals surface area contributed by atoms with Crippen LogP contribution in [-0.4, -0.2) is 18.1 Å². The lowest BCUT2D eigenvalue weighted by molar-refractivity contribution is 0.0948. The van der Waals surface area contributed by atoms with Gasteiger partial charge in [0.25, 0.3) is 5.91 Å². The molecular formula is C16H17NO3. The molecule has 2 rings (SSSR count). The molecular weight excluding hydrogens is 254 g/mol. The molecule has 0 aliphatic rings. The number of aromatic hydroxyl groups is 1. The van der Waals surface area contributed by atoms with Gasteiger partial charge in [0, 0.05) is 13.7 Å². The molecule has 0 saturated carbocycles. The van der Waals surface area contributed by atoms with E-state index >= 15 is 0 Å². The molecule has 0 unspecified atom stereocenters. The summed E-state index contributed by atoms with van der Waals surface area (Å²) in [7, 11) is 1.64. The minimum atomic E-state index is -0.296. The number of benzene rings is 2. The minimum Gasteiger partial charge on any atom is -0.507 e. The fraction of sp³-hybridized carbons (Fsp3) is 0.188. The summed E-state index contributed by atoms with van der Waals surface area (Å²) in [6, 6.07) is 14.2. The molecule has 104 valence electrons. The van der Waals surface area contributed by atoms with E-state index in [1.54, 1.807) is 25.3 Å². The van der Waals surface area contributed by atoms with Gasteiger partial charge >= 0.3 is 0 Å². The van der Waals surface area contributed by atoms with E-state index in [4.69, 9.17) is 4.74 Å². The molecule has 0 atom stereocenters. The van der Waals surface area contributed by atoms with E-state index in [0.29, 0.717) is 13.2 Å². The number of carbonyl (C=O) groups excluding carboxylic acids is 1. The number of hydrogen-bond donors (Lipinski definition) is 2. The Morgan fingerprint density at radius 3 is 2.45 bits per heavy atom. The molecule has 0 aliphatic carbocycles. The van der Waals surface area contributed by atoms with Gasteiger partial charge in [0.05, 0.1) is 12.2 Å². The summed E-state index contributed by atoms with van der Waals surface area (Å²) < 4.78 is 5.13. The van der Waals surface area contributed by atoms with Crippen molar-refractivity contribution in [3.8, 4) is 5.75 Å². The van der Waals surface area contributed by atoms with Crippen molar-refractivity contribution < 1.29 is 14.6 Å². The zero-order chi connectivity index (χ0) is 14.4. The second-order valence-corrected chi connectivity index (χ2v) is 4.40. The van der Waals surface area contributed by atoms with Crippen molar-refractivity contribution in [2.24, 2.45) is 0 Å². The molecule has 0 spiro atoms. The van der Waals surface area contributed by atoms with Gasteiger partial charge in [-0.1, -0.05) is 36.4 Å². The highest BCUT2D eigenvalue weighted by atomic mass is 16.5. The van der Waals surface area contributed by atoms with Gasteiger partial charge in [0.1, 0.15) is 5.75 Å². The van der Waals surface area contributed by atoms with E-state index in [-0.39, 0.29) is 17.2 Å². The van der Waals surface area contributed by atoms with Crippen LogP contribution >= 0.6 is 0 Å². The van der Waals surface area contributed by atoms with Crippen molar-refractivity contribution in [2.45, 2.75) is 13.2 Å². The summed E-state index contributed by atoms with van der Waals surface area (Å²) in [5.41, 5.74) is 2.31. The van der Waals surface area contributed by atoms with Crippen LogP contribution in [-0.2, 0) is 17.9 Å². The molecule has 0 aromatic heterocycles. The molecule has 0 fully saturated rings. The minimum absolute atomic E-state index is 0.0184. The summed E-state index contributed by atoms with van der Waals surface area (Å²) in [6.07, 6.45) is 0. The highest BCUT2D eigenvalue weighted by molar-refractivity contribution is 5.96. The quantitative estimate of drug-likeness (QED) is 0.878. The number of hydrogen-bond acceptors (Lipinski definition) is 3. The van der Waals surface area contributed by atoms with Gasteiger partial charge < -0.3 is 15.2 Å². The van der Waals surface area contributed by atoms with Crippen molar-refractivity contribution >= 4 is 5.91 Å². The maximum Gasteiger partial charge on any atom is 0.255 e. The van der Waals surface area contributed by atoms with E-state index in [1.807, 2.05) is 24.3 Å². The van der Waals surface area contributed by atoms with Crippen LogP contribution in [0.25, 0.3) is 0 Å². The van der Waals surface area contributed by atoms with Crippen LogP contribution in [0, 0.1) is 0 Å². The zero-order valence-electron chi connectivity index (χ0n) is 11.3. The number of ether oxygens (including phenoxy) is 1. The molecule has 4 heteroatoms. The first-order valence-electron chi connectivity index (χ1n) is 6.34. The highest BCUT2D eigenvalue weighted by Gasteiger charge is 2.10. The van der Waals surface area contributed by atoms with Crippen LogP contribution in [0.3, 0.4) is 0 Å². The fourth-order valence-electron chi connectivity index (χ4n) is 1.96. The average Bonchev–Trinajstić information content (AvgIpc) is 2.47. The van der Waals surface area contributed by atoms with Crippen LogP contribution < -0.4 is 5.32 Å². The van der Waals surface area contributed by atoms with Crippen LogP contribution in [0.2, 0.25) is 0 Å². The Morgan fingerprint density at radius 1 is 1.10 bits per heavy atom. The van der Waals surface area contributed by atoms with Crippen LogP contribution in [0.15, 0.2) is 48.5 Å². The standard InChI is InChI=1S/C16H17NO3/c1-20-11-13-7-3-2-6-12(13)10-17-16(19)14-8-4-5-9-15(14)18/h2-9,18H,10-11H2,1H3,(H,17,19). The summed E-state index contributed by atoms with van der Waals surface area (Å²) >= 11 is 0. The van der Waals surface area contributed by atoms with Gasteiger partial charge in [-0.2, -0.15) is 0 Å². The first kappa shape index (κ1) is 14.1. The maximum absolute atomic E-state index is 12.0. The SMILES string of the molecule is COCc1ccccc1CNC(=O)c1ccccc1O. The topological polar surface area (TPSA) is 58.6 Å². The zero-order valence-corrected chi connectivity index (χ0v) is 11.3. The van der Waals surface area contributed by atoms with Crippen molar-refractivity contribution in [3.05, 3.63) is 65.2 Å². The number of nitrogens with one attached hydrogen (secondary N) is 1. The molecule has 2 aromatic rings. The number of amides is 1. The number of methoxy groups -OCH3 is 1. The Morgan fingerprint density at radius 2 is 1.75 bits per heavy atom. The highest BCUT2D eigenvalue weighted by Crippen LogP contribution is 2.16. The molecule has 0 saturated heterocycles. The van der Waals surface area contributed by atoms with Crippen LogP contribution in [0.5, 0.6) is 5.75 Å². The summed E-state index contributed by atoms with van der Waals surface area (Å²) in [6.45, 7) is 0.898. The molecule has 0 bridgehead atoms.